The van der Waals surface area contributed by atoms with Crippen LogP contribution >= 0.6 is 0 Å². The van der Waals surface area contributed by atoms with E-state index in [1.54, 1.807) is 6.92 Å². The maximum Gasteiger partial charge on any atom is 0.125 e. The third-order valence-corrected chi connectivity index (χ3v) is 1.97. The van der Waals surface area contributed by atoms with Crippen LogP contribution in [-0.2, 0) is 0 Å². The largest absolute Gasteiger partial charge is 0.491 e. The Kier molecular flexibility index (Phi) is 3.92. The summed E-state index contributed by atoms with van der Waals surface area (Å²) in [5.74, 6) is 0.647. The Bertz CT molecular complexity index is 295. The van der Waals surface area contributed by atoms with Crippen LogP contribution in [0, 0.1) is 6.92 Å². The molecule has 0 aliphatic heterocycles. The van der Waals surface area contributed by atoms with Crippen molar-refractivity contribution >= 4 is 0 Å². The maximum atomic E-state index is 9.45. The average Bonchev–Trinajstić information content (AvgIpc) is 2.14. The van der Waals surface area contributed by atoms with Crippen molar-refractivity contribution < 1.29 is 14.9 Å². The first-order chi connectivity index (χ1) is 6.65. The summed E-state index contributed by atoms with van der Waals surface area (Å²) in [6.45, 7) is 3.88. The van der Waals surface area contributed by atoms with Crippen molar-refractivity contribution in [3.63, 3.8) is 0 Å². The smallest absolute Gasteiger partial charge is 0.125 e. The van der Waals surface area contributed by atoms with Crippen molar-refractivity contribution in [1.29, 1.82) is 0 Å². The van der Waals surface area contributed by atoms with E-state index in [-0.39, 0.29) is 13.2 Å². The first-order valence-electron chi connectivity index (χ1n) is 4.67. The second kappa shape index (κ2) is 4.98. The first-order valence-corrected chi connectivity index (χ1v) is 4.67. The molecule has 78 valence electrons. The lowest BCUT2D eigenvalue weighted by atomic mass is 10.1. The number of rotatable bonds is 4. The van der Waals surface area contributed by atoms with Gasteiger partial charge < -0.3 is 14.9 Å². The molecule has 0 saturated heterocycles. The van der Waals surface area contributed by atoms with Gasteiger partial charge in [-0.05, 0) is 25.5 Å². The highest BCUT2D eigenvalue weighted by Crippen LogP contribution is 2.26. The summed E-state index contributed by atoms with van der Waals surface area (Å²) in [5.41, 5.74) is 1.83. The number of hydrogen-bond donors (Lipinski definition) is 2. The number of aliphatic hydroxyl groups excluding tert-OH is 2. The molecule has 0 radical (unpaired) electrons. The molecule has 0 aromatic heterocycles. The van der Waals surface area contributed by atoms with Crippen molar-refractivity contribution in [3.8, 4) is 5.75 Å². The minimum absolute atomic E-state index is 0.0206. The van der Waals surface area contributed by atoms with Crippen LogP contribution in [0.4, 0.5) is 0 Å². The summed E-state index contributed by atoms with van der Waals surface area (Å²) in [4.78, 5) is 0. The summed E-state index contributed by atoms with van der Waals surface area (Å²) < 4.78 is 5.32. The molecule has 1 aromatic carbocycles. The van der Waals surface area contributed by atoms with E-state index in [0.717, 1.165) is 11.1 Å². The fourth-order valence-corrected chi connectivity index (χ4v) is 1.27. The highest BCUT2D eigenvalue weighted by molar-refractivity contribution is 5.38. The number of aliphatic hydroxyl groups is 2. The normalized spacial score (nSPS) is 12.6. The molecule has 0 heterocycles. The molecular weight excluding hydrogens is 180 g/mol. The van der Waals surface area contributed by atoms with Gasteiger partial charge in [0.05, 0.1) is 12.7 Å². The van der Waals surface area contributed by atoms with Gasteiger partial charge in [0.2, 0.25) is 0 Å². The third kappa shape index (κ3) is 2.72. The number of hydrogen-bond acceptors (Lipinski definition) is 3. The number of ether oxygens (including phenoxy) is 1. The standard InChI is InChI=1S/C11H16O3/c1-8-3-4-10(9(2)13)11(7-8)14-6-5-12/h3-4,7,9,12-13H,5-6H2,1-2H3/t9-/m0/s1. The Morgan fingerprint density at radius 1 is 1.43 bits per heavy atom. The highest BCUT2D eigenvalue weighted by atomic mass is 16.5. The molecule has 0 aliphatic carbocycles. The van der Waals surface area contributed by atoms with Gasteiger partial charge in [0.25, 0.3) is 0 Å². The van der Waals surface area contributed by atoms with Crippen LogP contribution in [0.3, 0.4) is 0 Å². The van der Waals surface area contributed by atoms with Crippen molar-refractivity contribution in [2.24, 2.45) is 0 Å². The number of aryl methyl sites for hydroxylation is 1. The van der Waals surface area contributed by atoms with Crippen LogP contribution in [-0.4, -0.2) is 23.4 Å². The molecule has 0 spiro atoms. The van der Waals surface area contributed by atoms with Crippen LogP contribution in [0.25, 0.3) is 0 Å². The van der Waals surface area contributed by atoms with Crippen LogP contribution in [0.15, 0.2) is 18.2 Å². The van der Waals surface area contributed by atoms with Crippen LogP contribution in [0.5, 0.6) is 5.75 Å². The lowest BCUT2D eigenvalue weighted by molar-refractivity contribution is 0.177. The zero-order chi connectivity index (χ0) is 10.6. The van der Waals surface area contributed by atoms with Crippen molar-refractivity contribution in [2.75, 3.05) is 13.2 Å². The van der Waals surface area contributed by atoms with Gasteiger partial charge in [-0.25, -0.2) is 0 Å². The second-order valence-corrected chi connectivity index (χ2v) is 3.29. The summed E-state index contributed by atoms with van der Waals surface area (Å²) >= 11 is 0. The first kappa shape index (κ1) is 11.0. The topological polar surface area (TPSA) is 49.7 Å². The van der Waals surface area contributed by atoms with Gasteiger partial charge in [-0.2, -0.15) is 0 Å². The lowest BCUT2D eigenvalue weighted by Crippen LogP contribution is -2.05. The van der Waals surface area contributed by atoms with Gasteiger partial charge >= 0.3 is 0 Å². The van der Waals surface area contributed by atoms with E-state index in [4.69, 9.17) is 9.84 Å². The molecule has 0 amide bonds. The van der Waals surface area contributed by atoms with Gasteiger partial charge in [0.15, 0.2) is 0 Å². The molecule has 2 N–H and O–H groups in total. The Balaban J connectivity index is 2.91. The minimum Gasteiger partial charge on any atom is -0.491 e. The SMILES string of the molecule is Cc1ccc([C@H](C)O)c(OCCO)c1. The van der Waals surface area contributed by atoms with E-state index in [1.165, 1.54) is 0 Å². The van der Waals surface area contributed by atoms with E-state index in [9.17, 15) is 5.11 Å². The lowest BCUT2D eigenvalue weighted by Gasteiger charge is -2.13. The fourth-order valence-electron chi connectivity index (χ4n) is 1.27. The minimum atomic E-state index is -0.552. The molecule has 3 nitrogen and oxygen atoms in total. The van der Waals surface area contributed by atoms with E-state index < -0.39 is 6.10 Å². The third-order valence-electron chi connectivity index (χ3n) is 1.97. The fraction of sp³-hybridized carbons (Fsp3) is 0.455. The molecule has 0 unspecified atom stereocenters. The summed E-state index contributed by atoms with van der Waals surface area (Å²) in [6, 6.07) is 5.62. The van der Waals surface area contributed by atoms with Crippen molar-refractivity contribution in [3.05, 3.63) is 29.3 Å². The van der Waals surface area contributed by atoms with Crippen LogP contribution in [0.1, 0.15) is 24.2 Å². The average molecular weight is 196 g/mol. The highest BCUT2D eigenvalue weighted by Gasteiger charge is 2.08. The zero-order valence-electron chi connectivity index (χ0n) is 8.53. The summed E-state index contributed by atoms with van der Waals surface area (Å²) in [7, 11) is 0. The van der Waals surface area contributed by atoms with E-state index in [1.807, 2.05) is 25.1 Å². The van der Waals surface area contributed by atoms with Crippen LogP contribution < -0.4 is 4.74 Å². The molecule has 1 aromatic rings. The summed E-state index contributed by atoms with van der Waals surface area (Å²) in [5, 5.41) is 18.1. The Hall–Kier alpha value is -1.06. The van der Waals surface area contributed by atoms with Crippen molar-refractivity contribution in [2.45, 2.75) is 20.0 Å². The van der Waals surface area contributed by atoms with E-state index in [0.29, 0.717) is 5.75 Å². The van der Waals surface area contributed by atoms with E-state index in [2.05, 4.69) is 0 Å². The Morgan fingerprint density at radius 3 is 2.71 bits per heavy atom. The predicted octanol–water partition coefficient (Wildman–Crippen LogP) is 1.42. The maximum absolute atomic E-state index is 9.45. The van der Waals surface area contributed by atoms with Gasteiger partial charge in [-0.15, -0.1) is 0 Å². The molecule has 0 aliphatic rings. The molecule has 1 atom stereocenters. The second-order valence-electron chi connectivity index (χ2n) is 3.29. The van der Waals surface area contributed by atoms with Gasteiger partial charge in [0, 0.05) is 5.56 Å². The molecule has 3 heteroatoms. The van der Waals surface area contributed by atoms with Gasteiger partial charge in [-0.1, -0.05) is 12.1 Å². The predicted molar refractivity (Wildman–Crippen MR) is 54.4 cm³/mol. The Labute approximate surface area is 84.0 Å². The zero-order valence-corrected chi connectivity index (χ0v) is 8.53. The molecule has 0 bridgehead atoms. The molecular formula is C11H16O3. The molecule has 1 rings (SSSR count). The van der Waals surface area contributed by atoms with Crippen molar-refractivity contribution in [1.82, 2.24) is 0 Å². The summed E-state index contributed by atoms with van der Waals surface area (Å²) in [6.07, 6.45) is -0.552. The molecule has 0 saturated carbocycles. The van der Waals surface area contributed by atoms with Crippen LogP contribution in [0.2, 0.25) is 0 Å². The van der Waals surface area contributed by atoms with Gasteiger partial charge in [-0.3, -0.25) is 0 Å². The van der Waals surface area contributed by atoms with Gasteiger partial charge in [0.1, 0.15) is 12.4 Å². The monoisotopic (exact) mass is 196 g/mol. The number of benzene rings is 1. The van der Waals surface area contributed by atoms with E-state index >= 15 is 0 Å². The quantitative estimate of drug-likeness (QED) is 0.765. The Morgan fingerprint density at radius 2 is 2.14 bits per heavy atom. The molecule has 14 heavy (non-hydrogen) atoms. The molecule has 0 fully saturated rings.